The van der Waals surface area contributed by atoms with Gasteiger partial charge in [-0.2, -0.15) is 0 Å². The highest BCUT2D eigenvalue weighted by Gasteiger charge is 2.69. The largest absolute Gasteiger partial charge is 0.392 e. The minimum Gasteiger partial charge on any atom is -0.392 e. The first-order chi connectivity index (χ1) is 7.42. The number of aliphatic hydroxyl groups is 1. The Morgan fingerprint density at radius 1 is 1.31 bits per heavy atom. The standard InChI is InChI=1S/C15H24O/c1-9-7-13(16)15-10(2)5-6-11(8-12(9)15)14(15,3)4/h10-13,16H,1,5-8H2,2-4H3/t10-,11-,12+,13-,15+/m1/s1. The number of hydrogen-bond donors (Lipinski definition) is 1. The van der Waals surface area contributed by atoms with Crippen molar-refractivity contribution in [2.24, 2.45) is 28.6 Å². The molecule has 0 aromatic carbocycles. The molecule has 3 rings (SSSR count). The number of aliphatic hydroxyl groups excluding tert-OH is 1. The molecule has 90 valence electrons. The van der Waals surface area contributed by atoms with Gasteiger partial charge in [-0.3, -0.25) is 0 Å². The third-order valence-electron chi connectivity index (χ3n) is 6.50. The van der Waals surface area contributed by atoms with Gasteiger partial charge in [0.1, 0.15) is 0 Å². The van der Waals surface area contributed by atoms with Gasteiger partial charge in [-0.1, -0.05) is 32.9 Å². The molecule has 16 heavy (non-hydrogen) atoms. The predicted molar refractivity (Wildman–Crippen MR) is 66.0 cm³/mol. The molecule has 2 bridgehead atoms. The van der Waals surface area contributed by atoms with E-state index in [0.29, 0.717) is 17.3 Å². The predicted octanol–water partition coefficient (Wildman–Crippen LogP) is 3.39. The Kier molecular flexibility index (Phi) is 1.98. The lowest BCUT2D eigenvalue weighted by molar-refractivity contribution is -0.112. The maximum absolute atomic E-state index is 10.6. The Balaban J connectivity index is 2.18. The molecule has 0 amide bonds. The van der Waals surface area contributed by atoms with Gasteiger partial charge in [-0.25, -0.2) is 0 Å². The molecular formula is C15H24O. The lowest BCUT2D eigenvalue weighted by Gasteiger charge is -2.54. The maximum Gasteiger partial charge on any atom is 0.0647 e. The molecule has 0 aromatic heterocycles. The van der Waals surface area contributed by atoms with Gasteiger partial charge in [0.05, 0.1) is 6.10 Å². The normalized spacial score (nSPS) is 54.1. The smallest absolute Gasteiger partial charge is 0.0647 e. The van der Waals surface area contributed by atoms with Crippen LogP contribution < -0.4 is 0 Å². The van der Waals surface area contributed by atoms with Crippen LogP contribution in [0.4, 0.5) is 0 Å². The quantitative estimate of drug-likeness (QED) is 0.620. The Morgan fingerprint density at radius 2 is 2.00 bits per heavy atom. The summed E-state index contributed by atoms with van der Waals surface area (Å²) in [6.07, 6.45) is 4.65. The molecule has 1 nitrogen and oxygen atoms in total. The van der Waals surface area contributed by atoms with E-state index in [9.17, 15) is 5.11 Å². The summed E-state index contributed by atoms with van der Waals surface area (Å²) in [5, 5.41) is 10.6. The van der Waals surface area contributed by atoms with Crippen molar-refractivity contribution in [3.05, 3.63) is 12.2 Å². The van der Waals surface area contributed by atoms with E-state index in [1.807, 2.05) is 0 Å². The molecule has 0 heterocycles. The molecule has 1 spiro atoms. The first-order valence-electron chi connectivity index (χ1n) is 6.78. The van der Waals surface area contributed by atoms with E-state index in [2.05, 4.69) is 27.4 Å². The summed E-state index contributed by atoms with van der Waals surface area (Å²) in [6, 6.07) is 0. The number of hydrogen-bond acceptors (Lipinski definition) is 1. The SMILES string of the molecule is C=C1C[C@@H](O)[C@]23[C@H](C)CC[C@H](C[C@@H]12)C3(C)C. The van der Waals surface area contributed by atoms with E-state index in [-0.39, 0.29) is 11.5 Å². The highest BCUT2D eigenvalue weighted by atomic mass is 16.3. The van der Waals surface area contributed by atoms with Crippen LogP contribution in [0.5, 0.6) is 0 Å². The molecule has 0 aromatic rings. The zero-order valence-corrected chi connectivity index (χ0v) is 10.8. The van der Waals surface area contributed by atoms with Crippen molar-refractivity contribution in [2.75, 3.05) is 0 Å². The van der Waals surface area contributed by atoms with E-state index in [1.165, 1.54) is 24.8 Å². The van der Waals surface area contributed by atoms with E-state index >= 15 is 0 Å². The third-order valence-corrected chi connectivity index (χ3v) is 6.50. The topological polar surface area (TPSA) is 20.2 Å². The second kappa shape index (κ2) is 2.93. The van der Waals surface area contributed by atoms with Crippen molar-refractivity contribution in [2.45, 2.75) is 52.6 Å². The third kappa shape index (κ3) is 0.895. The van der Waals surface area contributed by atoms with Crippen LogP contribution in [0.25, 0.3) is 0 Å². The molecule has 3 fully saturated rings. The molecule has 0 unspecified atom stereocenters. The summed E-state index contributed by atoms with van der Waals surface area (Å²) in [4.78, 5) is 0. The van der Waals surface area contributed by atoms with Crippen molar-refractivity contribution in [1.29, 1.82) is 0 Å². The Hall–Kier alpha value is -0.300. The summed E-state index contributed by atoms with van der Waals surface area (Å²) in [5.41, 5.74) is 1.78. The van der Waals surface area contributed by atoms with Crippen LogP contribution in [-0.2, 0) is 0 Å². The fourth-order valence-electron chi connectivity index (χ4n) is 5.78. The molecule has 3 aliphatic rings. The minimum absolute atomic E-state index is 0.139. The van der Waals surface area contributed by atoms with Gasteiger partial charge in [0.25, 0.3) is 0 Å². The first-order valence-corrected chi connectivity index (χ1v) is 6.78. The van der Waals surface area contributed by atoms with Crippen molar-refractivity contribution in [3.8, 4) is 0 Å². The number of rotatable bonds is 0. The van der Waals surface area contributed by atoms with Gasteiger partial charge >= 0.3 is 0 Å². The fourth-order valence-corrected chi connectivity index (χ4v) is 5.78. The molecule has 1 heteroatoms. The minimum atomic E-state index is -0.139. The molecule has 0 saturated heterocycles. The molecule has 3 saturated carbocycles. The average Bonchev–Trinajstić information content (AvgIpc) is 2.48. The van der Waals surface area contributed by atoms with Gasteiger partial charge in [0.15, 0.2) is 0 Å². The Morgan fingerprint density at radius 3 is 2.69 bits per heavy atom. The van der Waals surface area contributed by atoms with Crippen LogP contribution in [-0.4, -0.2) is 11.2 Å². The summed E-state index contributed by atoms with van der Waals surface area (Å²) in [6.45, 7) is 11.4. The molecular weight excluding hydrogens is 196 g/mol. The highest BCUT2D eigenvalue weighted by molar-refractivity contribution is 5.29. The summed E-state index contributed by atoms with van der Waals surface area (Å²) in [5.74, 6) is 2.06. The zero-order valence-electron chi connectivity index (χ0n) is 10.8. The summed E-state index contributed by atoms with van der Waals surface area (Å²) < 4.78 is 0. The van der Waals surface area contributed by atoms with E-state index in [1.54, 1.807) is 0 Å². The maximum atomic E-state index is 10.6. The lowest BCUT2D eigenvalue weighted by atomic mass is 9.51. The van der Waals surface area contributed by atoms with Crippen molar-refractivity contribution >= 4 is 0 Å². The second-order valence-corrected chi connectivity index (χ2v) is 7.00. The molecule has 0 aliphatic heterocycles. The highest BCUT2D eigenvalue weighted by Crippen LogP contribution is 2.73. The van der Waals surface area contributed by atoms with Gasteiger partial charge in [-0.15, -0.1) is 0 Å². The summed E-state index contributed by atoms with van der Waals surface area (Å²) >= 11 is 0. The van der Waals surface area contributed by atoms with Crippen LogP contribution in [0.1, 0.15) is 46.5 Å². The lowest BCUT2D eigenvalue weighted by Crippen LogP contribution is -2.52. The van der Waals surface area contributed by atoms with Crippen LogP contribution in [0.3, 0.4) is 0 Å². The molecule has 5 atom stereocenters. The van der Waals surface area contributed by atoms with Crippen molar-refractivity contribution < 1.29 is 5.11 Å². The van der Waals surface area contributed by atoms with Gasteiger partial charge < -0.3 is 5.11 Å². The van der Waals surface area contributed by atoms with E-state index in [0.717, 1.165) is 12.3 Å². The van der Waals surface area contributed by atoms with Crippen LogP contribution in [0, 0.1) is 28.6 Å². The van der Waals surface area contributed by atoms with Gasteiger partial charge in [0, 0.05) is 5.41 Å². The molecule has 1 N–H and O–H groups in total. The first kappa shape index (κ1) is 10.8. The molecule has 0 radical (unpaired) electrons. The Bertz CT molecular complexity index is 343. The summed E-state index contributed by atoms with van der Waals surface area (Å²) in [7, 11) is 0. The van der Waals surface area contributed by atoms with Crippen LogP contribution in [0.15, 0.2) is 12.2 Å². The van der Waals surface area contributed by atoms with E-state index in [4.69, 9.17) is 0 Å². The Labute approximate surface area is 98.9 Å². The van der Waals surface area contributed by atoms with Gasteiger partial charge in [0.2, 0.25) is 0 Å². The van der Waals surface area contributed by atoms with Crippen molar-refractivity contribution in [1.82, 2.24) is 0 Å². The monoisotopic (exact) mass is 220 g/mol. The second-order valence-electron chi connectivity index (χ2n) is 7.00. The molecule has 3 aliphatic carbocycles. The van der Waals surface area contributed by atoms with Crippen LogP contribution in [0.2, 0.25) is 0 Å². The van der Waals surface area contributed by atoms with Crippen LogP contribution >= 0.6 is 0 Å². The number of fused-ring (bicyclic) bond motifs is 1. The fraction of sp³-hybridized carbons (Fsp3) is 0.867. The zero-order chi connectivity index (χ0) is 11.7. The van der Waals surface area contributed by atoms with Crippen molar-refractivity contribution in [3.63, 3.8) is 0 Å². The van der Waals surface area contributed by atoms with Gasteiger partial charge in [-0.05, 0) is 48.9 Å². The average molecular weight is 220 g/mol. The van der Waals surface area contributed by atoms with E-state index < -0.39 is 0 Å².